The molecule has 3 nitrogen and oxygen atoms in total. The second-order valence-corrected chi connectivity index (χ2v) is 6.02. The molecule has 3 heteroatoms. The predicted octanol–water partition coefficient (Wildman–Crippen LogP) is 2.50. The van der Waals surface area contributed by atoms with Gasteiger partial charge in [0, 0.05) is 0 Å². The van der Waals surface area contributed by atoms with Crippen molar-refractivity contribution in [1.29, 1.82) is 0 Å². The smallest absolute Gasteiger partial charge is 0.326 e. The fraction of sp³-hybridized carbons (Fsp3) is 0.923. The van der Waals surface area contributed by atoms with Crippen LogP contribution in [-0.2, 0) is 9.53 Å². The molecule has 1 aliphatic carbocycles. The van der Waals surface area contributed by atoms with Crippen molar-refractivity contribution in [3.63, 3.8) is 0 Å². The van der Waals surface area contributed by atoms with Crippen LogP contribution in [0.1, 0.15) is 52.9 Å². The molecule has 0 bridgehead atoms. The Morgan fingerprint density at radius 3 is 2.31 bits per heavy atom. The van der Waals surface area contributed by atoms with Gasteiger partial charge in [0.2, 0.25) is 0 Å². The Hall–Kier alpha value is -0.570. The van der Waals surface area contributed by atoms with Gasteiger partial charge in [-0.1, -0.05) is 33.6 Å². The number of esters is 1. The van der Waals surface area contributed by atoms with Gasteiger partial charge >= 0.3 is 5.97 Å². The Morgan fingerprint density at radius 2 is 1.88 bits per heavy atom. The lowest BCUT2D eigenvalue weighted by Crippen LogP contribution is -2.51. The molecule has 0 aliphatic heterocycles. The molecular formula is C13H25NO2. The monoisotopic (exact) mass is 227 g/mol. The van der Waals surface area contributed by atoms with Crippen molar-refractivity contribution in [2.24, 2.45) is 5.41 Å². The molecule has 0 heterocycles. The molecule has 0 saturated heterocycles. The molecule has 0 aromatic carbocycles. The molecule has 1 aliphatic rings. The van der Waals surface area contributed by atoms with E-state index in [9.17, 15) is 4.79 Å². The number of carbonyl (C=O) groups is 1. The highest BCUT2D eigenvalue weighted by molar-refractivity contribution is 5.81. The van der Waals surface area contributed by atoms with E-state index < -0.39 is 0 Å². The molecule has 0 amide bonds. The lowest BCUT2D eigenvalue weighted by molar-refractivity contribution is -0.148. The van der Waals surface area contributed by atoms with Crippen LogP contribution in [-0.4, -0.2) is 25.2 Å². The Balaban J connectivity index is 2.49. The first-order chi connectivity index (χ1) is 7.40. The number of nitrogens with one attached hydrogen (secondary N) is 1. The molecule has 1 N–H and O–H groups in total. The fourth-order valence-corrected chi connectivity index (χ4v) is 2.30. The first kappa shape index (κ1) is 13.5. The third-order valence-corrected chi connectivity index (χ3v) is 3.37. The SMILES string of the molecule is COC(=O)C1(NCCC(C)(C)C)CCCC1. The summed E-state index contributed by atoms with van der Waals surface area (Å²) in [5.41, 5.74) is -0.0804. The number of methoxy groups -OCH3 is 1. The zero-order valence-electron chi connectivity index (χ0n) is 11.1. The molecule has 1 rings (SSSR count). The number of rotatable bonds is 4. The summed E-state index contributed by atoms with van der Waals surface area (Å²) in [7, 11) is 1.48. The van der Waals surface area contributed by atoms with Crippen LogP contribution in [0.25, 0.3) is 0 Å². The van der Waals surface area contributed by atoms with E-state index >= 15 is 0 Å². The van der Waals surface area contributed by atoms with E-state index in [1.807, 2.05) is 0 Å². The number of carbonyl (C=O) groups excluding carboxylic acids is 1. The van der Waals surface area contributed by atoms with Gasteiger partial charge in [-0.25, -0.2) is 0 Å². The van der Waals surface area contributed by atoms with Gasteiger partial charge in [-0.2, -0.15) is 0 Å². The quantitative estimate of drug-likeness (QED) is 0.750. The molecule has 0 unspecified atom stereocenters. The zero-order valence-corrected chi connectivity index (χ0v) is 11.1. The number of hydrogen-bond donors (Lipinski definition) is 1. The van der Waals surface area contributed by atoms with Crippen LogP contribution >= 0.6 is 0 Å². The summed E-state index contributed by atoms with van der Waals surface area (Å²) in [6.45, 7) is 7.54. The van der Waals surface area contributed by atoms with Crippen molar-refractivity contribution in [3.8, 4) is 0 Å². The van der Waals surface area contributed by atoms with Crippen LogP contribution in [0.15, 0.2) is 0 Å². The minimum Gasteiger partial charge on any atom is -0.468 e. The van der Waals surface area contributed by atoms with Crippen molar-refractivity contribution in [2.45, 2.75) is 58.4 Å². The standard InChI is InChI=1S/C13H25NO2/c1-12(2,3)9-10-14-13(11(15)16-4)7-5-6-8-13/h14H,5-10H2,1-4H3. The second-order valence-electron chi connectivity index (χ2n) is 6.02. The molecular weight excluding hydrogens is 202 g/mol. The molecule has 0 aromatic heterocycles. The van der Waals surface area contributed by atoms with Gasteiger partial charge in [-0.05, 0) is 31.2 Å². The maximum atomic E-state index is 11.8. The summed E-state index contributed by atoms with van der Waals surface area (Å²) in [6, 6.07) is 0. The van der Waals surface area contributed by atoms with Crippen LogP contribution in [0, 0.1) is 5.41 Å². The van der Waals surface area contributed by atoms with Crippen LogP contribution in [0.4, 0.5) is 0 Å². The largest absolute Gasteiger partial charge is 0.468 e. The van der Waals surface area contributed by atoms with E-state index in [0.717, 1.165) is 38.6 Å². The lowest BCUT2D eigenvalue weighted by atomic mass is 9.91. The normalized spacial score (nSPS) is 19.8. The lowest BCUT2D eigenvalue weighted by Gasteiger charge is -2.29. The van der Waals surface area contributed by atoms with E-state index in [2.05, 4.69) is 26.1 Å². The summed E-state index contributed by atoms with van der Waals surface area (Å²) in [6.07, 6.45) is 5.16. The summed E-state index contributed by atoms with van der Waals surface area (Å²) >= 11 is 0. The van der Waals surface area contributed by atoms with Gasteiger partial charge in [0.25, 0.3) is 0 Å². The Kier molecular flexibility index (Phi) is 4.36. The van der Waals surface area contributed by atoms with Gasteiger partial charge in [0.15, 0.2) is 0 Å². The number of ether oxygens (including phenoxy) is 1. The van der Waals surface area contributed by atoms with E-state index in [4.69, 9.17) is 4.74 Å². The van der Waals surface area contributed by atoms with Crippen molar-refractivity contribution in [2.75, 3.05) is 13.7 Å². The van der Waals surface area contributed by atoms with Gasteiger partial charge in [-0.15, -0.1) is 0 Å². The van der Waals surface area contributed by atoms with Crippen molar-refractivity contribution >= 4 is 5.97 Å². The van der Waals surface area contributed by atoms with Crippen LogP contribution in [0.3, 0.4) is 0 Å². The first-order valence-electron chi connectivity index (χ1n) is 6.23. The maximum Gasteiger partial charge on any atom is 0.326 e. The molecule has 0 aromatic rings. The van der Waals surface area contributed by atoms with Crippen molar-refractivity contribution in [1.82, 2.24) is 5.32 Å². The Morgan fingerprint density at radius 1 is 1.31 bits per heavy atom. The van der Waals surface area contributed by atoms with Gasteiger partial charge in [0.1, 0.15) is 5.54 Å². The average Bonchev–Trinajstić information content (AvgIpc) is 2.64. The van der Waals surface area contributed by atoms with E-state index in [1.165, 1.54) is 7.11 Å². The van der Waals surface area contributed by atoms with E-state index in [0.29, 0.717) is 5.41 Å². The highest BCUT2D eigenvalue weighted by Gasteiger charge is 2.41. The maximum absolute atomic E-state index is 11.8. The highest BCUT2D eigenvalue weighted by Crippen LogP contribution is 2.31. The van der Waals surface area contributed by atoms with Gasteiger partial charge in [-0.3, -0.25) is 4.79 Å². The van der Waals surface area contributed by atoms with Crippen molar-refractivity contribution in [3.05, 3.63) is 0 Å². The van der Waals surface area contributed by atoms with Crippen LogP contribution in [0.2, 0.25) is 0 Å². The summed E-state index contributed by atoms with van der Waals surface area (Å²) in [5.74, 6) is -0.0843. The van der Waals surface area contributed by atoms with Gasteiger partial charge < -0.3 is 10.1 Å². The summed E-state index contributed by atoms with van der Waals surface area (Å²) < 4.78 is 4.92. The minimum absolute atomic E-state index is 0.0843. The molecule has 0 spiro atoms. The van der Waals surface area contributed by atoms with Crippen LogP contribution in [0.5, 0.6) is 0 Å². The number of hydrogen-bond acceptors (Lipinski definition) is 3. The topological polar surface area (TPSA) is 38.3 Å². The summed E-state index contributed by atoms with van der Waals surface area (Å²) in [4.78, 5) is 11.8. The van der Waals surface area contributed by atoms with Crippen LogP contribution < -0.4 is 5.32 Å². The first-order valence-corrected chi connectivity index (χ1v) is 6.23. The average molecular weight is 227 g/mol. The Labute approximate surface area is 98.9 Å². The van der Waals surface area contributed by atoms with Crippen molar-refractivity contribution < 1.29 is 9.53 Å². The van der Waals surface area contributed by atoms with Gasteiger partial charge in [0.05, 0.1) is 7.11 Å². The second kappa shape index (κ2) is 5.17. The van der Waals surface area contributed by atoms with E-state index in [1.54, 1.807) is 0 Å². The van der Waals surface area contributed by atoms with E-state index in [-0.39, 0.29) is 11.5 Å². The molecule has 1 fully saturated rings. The highest BCUT2D eigenvalue weighted by atomic mass is 16.5. The minimum atomic E-state index is -0.389. The molecule has 0 radical (unpaired) electrons. The molecule has 0 atom stereocenters. The zero-order chi connectivity index (χ0) is 12.2. The molecule has 1 saturated carbocycles. The Bertz CT molecular complexity index is 237. The predicted molar refractivity (Wildman–Crippen MR) is 65.3 cm³/mol. The molecule has 94 valence electrons. The molecule has 16 heavy (non-hydrogen) atoms. The third kappa shape index (κ3) is 3.48. The summed E-state index contributed by atoms with van der Waals surface area (Å²) in [5, 5.41) is 3.43. The third-order valence-electron chi connectivity index (χ3n) is 3.37. The fourth-order valence-electron chi connectivity index (χ4n) is 2.30.